The fourth-order valence-electron chi connectivity index (χ4n) is 2.55. The highest BCUT2D eigenvalue weighted by Gasteiger charge is 2.26. The number of aromatic nitrogens is 3. The van der Waals surface area contributed by atoms with Crippen molar-refractivity contribution in [2.24, 2.45) is 0 Å². The van der Waals surface area contributed by atoms with Gasteiger partial charge in [-0.3, -0.25) is 4.79 Å². The summed E-state index contributed by atoms with van der Waals surface area (Å²) in [6.07, 6.45) is 0.132. The molecule has 1 fully saturated rings. The van der Waals surface area contributed by atoms with Crippen LogP contribution in [0.3, 0.4) is 0 Å². The van der Waals surface area contributed by atoms with Crippen LogP contribution in [0.1, 0.15) is 13.8 Å². The molecule has 2 unspecified atom stereocenters. The number of amides is 1. The van der Waals surface area contributed by atoms with E-state index in [1.165, 1.54) is 16.4 Å². The highest BCUT2D eigenvalue weighted by Crippen LogP contribution is 2.25. The van der Waals surface area contributed by atoms with E-state index in [-0.39, 0.29) is 18.1 Å². The topological polar surface area (TPSA) is 86.3 Å². The maximum Gasteiger partial charge on any atom is 0.233 e. The Kier molecular flexibility index (Phi) is 4.88. The van der Waals surface area contributed by atoms with Gasteiger partial charge >= 0.3 is 0 Å². The number of hydrogen-bond donors (Lipinski definition) is 1. The smallest absolute Gasteiger partial charge is 0.233 e. The van der Waals surface area contributed by atoms with Gasteiger partial charge in [0.05, 0.1) is 22.8 Å². The molecule has 2 aromatic rings. The molecule has 0 bridgehead atoms. The normalized spacial score (nSPS) is 21.6. The van der Waals surface area contributed by atoms with Crippen molar-refractivity contribution in [2.45, 2.75) is 31.2 Å². The number of nitrogens with zero attached hydrogens (tertiary/aromatic N) is 4. The fourth-order valence-corrected chi connectivity index (χ4v) is 4.01. The molecular weight excluding hydrogens is 334 g/mol. The lowest BCUT2D eigenvalue weighted by Gasteiger charge is -2.35. The Hall–Kier alpha value is -1.58. The second kappa shape index (κ2) is 6.90. The Morgan fingerprint density at radius 3 is 2.83 bits per heavy atom. The zero-order valence-electron chi connectivity index (χ0n) is 13.0. The maximum absolute atomic E-state index is 12.4. The Balaban J connectivity index is 1.61. The van der Waals surface area contributed by atoms with E-state index in [0.29, 0.717) is 29.8 Å². The molecule has 124 valence electrons. The third-order valence-electron chi connectivity index (χ3n) is 3.50. The first kappa shape index (κ1) is 16.3. The van der Waals surface area contributed by atoms with E-state index in [1.54, 1.807) is 11.3 Å². The lowest BCUT2D eigenvalue weighted by molar-refractivity contribution is -0.140. The Bertz CT molecular complexity index is 663. The van der Waals surface area contributed by atoms with Crippen molar-refractivity contribution < 1.29 is 9.53 Å². The van der Waals surface area contributed by atoms with E-state index in [1.807, 2.05) is 36.3 Å². The first-order valence-corrected chi connectivity index (χ1v) is 9.21. The molecule has 0 spiro atoms. The zero-order chi connectivity index (χ0) is 16.4. The monoisotopic (exact) mass is 353 g/mol. The van der Waals surface area contributed by atoms with Crippen molar-refractivity contribution in [2.75, 3.05) is 24.7 Å². The van der Waals surface area contributed by atoms with Gasteiger partial charge in [-0.05, 0) is 25.3 Å². The Morgan fingerprint density at radius 2 is 2.17 bits per heavy atom. The summed E-state index contributed by atoms with van der Waals surface area (Å²) in [6.45, 7) is 5.21. The molecule has 2 aromatic heterocycles. The summed E-state index contributed by atoms with van der Waals surface area (Å²) in [7, 11) is 0. The second-order valence-electron chi connectivity index (χ2n) is 5.50. The van der Waals surface area contributed by atoms with Crippen molar-refractivity contribution in [3.05, 3.63) is 17.5 Å². The Morgan fingerprint density at radius 1 is 1.43 bits per heavy atom. The van der Waals surface area contributed by atoms with Crippen molar-refractivity contribution in [1.82, 2.24) is 19.8 Å². The van der Waals surface area contributed by atoms with Crippen LogP contribution in [0.25, 0.3) is 10.7 Å². The van der Waals surface area contributed by atoms with Crippen molar-refractivity contribution >= 4 is 29.0 Å². The molecule has 2 N–H and O–H groups in total. The third-order valence-corrected chi connectivity index (χ3v) is 5.30. The van der Waals surface area contributed by atoms with Gasteiger partial charge in [0.15, 0.2) is 5.82 Å². The van der Waals surface area contributed by atoms with E-state index in [4.69, 9.17) is 10.6 Å². The minimum atomic E-state index is 0.0660. The molecule has 1 amide bonds. The maximum atomic E-state index is 12.4. The molecule has 0 aromatic carbocycles. The van der Waals surface area contributed by atoms with E-state index in [2.05, 4.69) is 10.2 Å². The van der Waals surface area contributed by atoms with Gasteiger partial charge in [0.2, 0.25) is 11.1 Å². The average molecular weight is 353 g/mol. The van der Waals surface area contributed by atoms with Crippen LogP contribution in [0.2, 0.25) is 0 Å². The van der Waals surface area contributed by atoms with Crippen LogP contribution in [-0.4, -0.2) is 56.7 Å². The summed E-state index contributed by atoms with van der Waals surface area (Å²) >= 11 is 2.86. The molecule has 23 heavy (non-hydrogen) atoms. The van der Waals surface area contributed by atoms with Crippen LogP contribution < -0.4 is 5.84 Å². The highest BCUT2D eigenvalue weighted by atomic mass is 32.2. The number of thioether (sulfide) groups is 1. The SMILES string of the molecule is CC1CN(C(=O)CSc2nnc(-c3cccs3)n2N)CC(C)O1. The summed E-state index contributed by atoms with van der Waals surface area (Å²) in [6, 6.07) is 3.87. The number of carbonyl (C=O) groups is 1. The summed E-state index contributed by atoms with van der Waals surface area (Å²) in [5, 5.41) is 10.7. The summed E-state index contributed by atoms with van der Waals surface area (Å²) in [5.41, 5.74) is 0. The van der Waals surface area contributed by atoms with Gasteiger partial charge in [0.1, 0.15) is 0 Å². The van der Waals surface area contributed by atoms with Gasteiger partial charge in [-0.15, -0.1) is 21.5 Å². The van der Waals surface area contributed by atoms with Gasteiger partial charge < -0.3 is 15.5 Å². The van der Waals surface area contributed by atoms with E-state index in [9.17, 15) is 4.79 Å². The lowest BCUT2D eigenvalue weighted by Crippen LogP contribution is -2.48. The number of rotatable bonds is 4. The van der Waals surface area contributed by atoms with Gasteiger partial charge in [-0.1, -0.05) is 17.8 Å². The molecule has 1 saturated heterocycles. The summed E-state index contributed by atoms with van der Waals surface area (Å²) < 4.78 is 7.09. The number of morpholine rings is 1. The number of thiophene rings is 1. The Labute approximate surface area is 142 Å². The molecule has 7 nitrogen and oxygen atoms in total. The first-order valence-electron chi connectivity index (χ1n) is 7.35. The fraction of sp³-hybridized carbons (Fsp3) is 0.500. The van der Waals surface area contributed by atoms with Crippen LogP contribution in [-0.2, 0) is 9.53 Å². The first-order chi connectivity index (χ1) is 11.0. The van der Waals surface area contributed by atoms with Crippen LogP contribution in [0.15, 0.2) is 22.7 Å². The predicted octanol–water partition coefficient (Wildman–Crippen LogP) is 1.45. The van der Waals surface area contributed by atoms with Crippen molar-refractivity contribution in [3.63, 3.8) is 0 Å². The van der Waals surface area contributed by atoms with Crippen LogP contribution in [0.4, 0.5) is 0 Å². The minimum Gasteiger partial charge on any atom is -0.372 e. The molecule has 3 rings (SSSR count). The molecule has 0 radical (unpaired) electrons. The number of nitrogen functional groups attached to an aromatic ring is 1. The molecule has 3 heterocycles. The predicted molar refractivity (Wildman–Crippen MR) is 90.8 cm³/mol. The second-order valence-corrected chi connectivity index (χ2v) is 7.39. The van der Waals surface area contributed by atoms with Crippen LogP contribution in [0.5, 0.6) is 0 Å². The molecule has 1 aliphatic heterocycles. The highest BCUT2D eigenvalue weighted by molar-refractivity contribution is 7.99. The minimum absolute atomic E-state index is 0.0660. The van der Waals surface area contributed by atoms with Gasteiger partial charge in [-0.25, -0.2) is 4.68 Å². The number of hydrogen-bond acceptors (Lipinski definition) is 7. The molecular formula is C14H19N5O2S2. The van der Waals surface area contributed by atoms with Gasteiger partial charge in [0, 0.05) is 13.1 Å². The third kappa shape index (κ3) is 3.67. The van der Waals surface area contributed by atoms with Crippen molar-refractivity contribution in [1.29, 1.82) is 0 Å². The van der Waals surface area contributed by atoms with E-state index >= 15 is 0 Å². The molecule has 0 aliphatic carbocycles. The quantitative estimate of drug-likeness (QED) is 0.661. The molecule has 9 heteroatoms. The van der Waals surface area contributed by atoms with E-state index in [0.717, 1.165) is 4.88 Å². The zero-order valence-corrected chi connectivity index (χ0v) is 14.6. The number of carbonyl (C=O) groups excluding carboxylic acids is 1. The van der Waals surface area contributed by atoms with Gasteiger partial charge in [-0.2, -0.15) is 0 Å². The van der Waals surface area contributed by atoms with Crippen molar-refractivity contribution in [3.8, 4) is 10.7 Å². The van der Waals surface area contributed by atoms with Gasteiger partial charge in [0.25, 0.3) is 0 Å². The average Bonchev–Trinajstić information content (AvgIpc) is 3.13. The standard InChI is InChI=1S/C14H19N5O2S2/c1-9-6-18(7-10(2)21-9)12(20)8-23-14-17-16-13(19(14)15)11-4-3-5-22-11/h3-5,9-10H,6-8,15H2,1-2H3. The summed E-state index contributed by atoms with van der Waals surface area (Å²) in [4.78, 5) is 15.2. The molecule has 2 atom stereocenters. The number of nitrogens with two attached hydrogens (primary N) is 1. The molecule has 0 saturated carbocycles. The van der Waals surface area contributed by atoms with Crippen LogP contribution >= 0.6 is 23.1 Å². The van der Waals surface area contributed by atoms with E-state index < -0.39 is 0 Å². The van der Waals surface area contributed by atoms with Crippen LogP contribution in [0, 0.1) is 0 Å². The lowest BCUT2D eigenvalue weighted by atomic mass is 10.2. The number of ether oxygens (including phenoxy) is 1. The summed E-state index contributed by atoms with van der Waals surface area (Å²) in [5.74, 6) is 7.01. The molecule has 1 aliphatic rings. The largest absolute Gasteiger partial charge is 0.372 e.